The van der Waals surface area contributed by atoms with Gasteiger partial charge in [0.25, 0.3) is 5.91 Å². The fraction of sp³-hybridized carbons (Fsp3) is 0.583. The van der Waals surface area contributed by atoms with Gasteiger partial charge in [0, 0.05) is 12.6 Å². The van der Waals surface area contributed by atoms with Crippen molar-refractivity contribution < 1.29 is 9.21 Å². The molecular weight excluding hydrogens is 284 g/mol. The minimum Gasteiger partial charge on any atom is -0.457 e. The molecule has 1 rings (SSSR count). The molecular formula is C12H19BrN2O2. The van der Waals surface area contributed by atoms with Gasteiger partial charge >= 0.3 is 0 Å². The monoisotopic (exact) mass is 302 g/mol. The molecule has 0 spiro atoms. The predicted molar refractivity (Wildman–Crippen MR) is 71.1 cm³/mol. The lowest BCUT2D eigenvalue weighted by Gasteiger charge is -2.28. The minimum atomic E-state index is -0.113. The molecule has 0 fully saturated rings. The molecule has 0 saturated carbocycles. The van der Waals surface area contributed by atoms with E-state index in [1.165, 1.54) is 6.26 Å². The summed E-state index contributed by atoms with van der Waals surface area (Å²) in [5, 5.41) is 2.92. The van der Waals surface area contributed by atoms with Gasteiger partial charge in [-0.1, -0.05) is 13.8 Å². The molecule has 0 aromatic carbocycles. The molecule has 1 heterocycles. The number of amides is 1. The van der Waals surface area contributed by atoms with Crippen LogP contribution in [0, 0.1) is 5.92 Å². The maximum Gasteiger partial charge on any atom is 0.255 e. The molecule has 1 aromatic heterocycles. The second-order valence-electron chi connectivity index (χ2n) is 4.59. The number of carbonyl (C=O) groups excluding carboxylic acids is 1. The molecule has 0 aliphatic carbocycles. The van der Waals surface area contributed by atoms with Crippen molar-refractivity contribution in [3.8, 4) is 0 Å². The Balaban J connectivity index is 2.56. The van der Waals surface area contributed by atoms with Crippen molar-refractivity contribution in [2.45, 2.75) is 19.9 Å². The van der Waals surface area contributed by atoms with Crippen LogP contribution in [0.15, 0.2) is 21.4 Å². The normalized spacial score (nSPS) is 13.1. The maximum absolute atomic E-state index is 11.9. The van der Waals surface area contributed by atoms with Crippen molar-refractivity contribution in [2.75, 3.05) is 20.6 Å². The summed E-state index contributed by atoms with van der Waals surface area (Å²) in [5.74, 6) is 0.371. The van der Waals surface area contributed by atoms with E-state index in [4.69, 9.17) is 4.42 Å². The molecule has 1 amide bonds. The summed E-state index contributed by atoms with van der Waals surface area (Å²) in [6, 6.07) is 1.98. The fourth-order valence-corrected chi connectivity index (χ4v) is 2.18. The first-order valence-corrected chi connectivity index (χ1v) is 6.40. The summed E-state index contributed by atoms with van der Waals surface area (Å²) in [6.07, 6.45) is 1.49. The molecule has 0 saturated heterocycles. The van der Waals surface area contributed by atoms with E-state index < -0.39 is 0 Å². The van der Waals surface area contributed by atoms with Crippen molar-refractivity contribution in [3.05, 3.63) is 22.6 Å². The summed E-state index contributed by atoms with van der Waals surface area (Å²) in [6.45, 7) is 4.91. The summed E-state index contributed by atoms with van der Waals surface area (Å²) in [4.78, 5) is 14.0. The third kappa shape index (κ3) is 3.85. The Morgan fingerprint density at radius 2 is 2.18 bits per heavy atom. The van der Waals surface area contributed by atoms with E-state index in [1.54, 1.807) is 6.07 Å². The highest BCUT2D eigenvalue weighted by atomic mass is 79.9. The van der Waals surface area contributed by atoms with Crippen LogP contribution in [0.2, 0.25) is 0 Å². The lowest BCUT2D eigenvalue weighted by Crippen LogP contribution is -2.43. The smallest absolute Gasteiger partial charge is 0.255 e. The number of carbonyl (C=O) groups is 1. The molecule has 0 aliphatic rings. The lowest BCUT2D eigenvalue weighted by molar-refractivity contribution is 0.0933. The standard InChI is InChI=1S/C12H19BrN2O2/c1-8(2)10(15(3)4)7-14-12(16)9-5-6-17-11(9)13/h5-6,8,10H,7H2,1-4H3,(H,14,16). The van der Waals surface area contributed by atoms with Gasteiger partial charge in [-0.3, -0.25) is 4.79 Å². The Bertz CT molecular complexity index is 366. The van der Waals surface area contributed by atoms with Crippen molar-refractivity contribution in [1.82, 2.24) is 10.2 Å². The van der Waals surface area contributed by atoms with Crippen LogP contribution >= 0.6 is 15.9 Å². The molecule has 1 unspecified atom stereocenters. The highest BCUT2D eigenvalue weighted by Gasteiger charge is 2.18. The number of hydrogen-bond acceptors (Lipinski definition) is 3. The Kier molecular flexibility index (Phi) is 5.21. The first kappa shape index (κ1) is 14.3. The van der Waals surface area contributed by atoms with E-state index in [2.05, 4.69) is 40.0 Å². The topological polar surface area (TPSA) is 45.5 Å². The molecule has 1 atom stereocenters. The van der Waals surface area contributed by atoms with E-state index in [0.717, 1.165) is 0 Å². The van der Waals surface area contributed by atoms with Gasteiger partial charge < -0.3 is 14.6 Å². The molecule has 5 heteroatoms. The third-order valence-corrected chi connectivity index (χ3v) is 3.38. The van der Waals surface area contributed by atoms with Crippen LogP contribution < -0.4 is 5.32 Å². The van der Waals surface area contributed by atoms with Crippen LogP contribution in [0.3, 0.4) is 0 Å². The number of nitrogens with one attached hydrogen (secondary N) is 1. The first-order valence-electron chi connectivity index (χ1n) is 5.61. The molecule has 1 N–H and O–H groups in total. The van der Waals surface area contributed by atoms with E-state index in [-0.39, 0.29) is 5.91 Å². The molecule has 1 aromatic rings. The van der Waals surface area contributed by atoms with E-state index in [0.29, 0.717) is 28.7 Å². The Hall–Kier alpha value is -0.810. The Morgan fingerprint density at radius 1 is 1.53 bits per heavy atom. The van der Waals surface area contributed by atoms with Gasteiger partial charge in [0.15, 0.2) is 4.67 Å². The fourth-order valence-electron chi connectivity index (χ4n) is 1.76. The van der Waals surface area contributed by atoms with Gasteiger partial charge in [-0.2, -0.15) is 0 Å². The zero-order valence-electron chi connectivity index (χ0n) is 10.7. The number of likely N-dealkylation sites (N-methyl/N-ethyl adjacent to an activating group) is 1. The van der Waals surface area contributed by atoms with Crippen molar-refractivity contribution in [3.63, 3.8) is 0 Å². The van der Waals surface area contributed by atoms with E-state index in [1.807, 2.05) is 14.1 Å². The van der Waals surface area contributed by atoms with Crippen LogP contribution in [0.5, 0.6) is 0 Å². The number of furan rings is 1. The van der Waals surface area contributed by atoms with Crippen molar-refractivity contribution in [1.29, 1.82) is 0 Å². The largest absolute Gasteiger partial charge is 0.457 e. The van der Waals surface area contributed by atoms with E-state index >= 15 is 0 Å². The molecule has 0 bridgehead atoms. The second-order valence-corrected chi connectivity index (χ2v) is 5.31. The van der Waals surface area contributed by atoms with E-state index in [9.17, 15) is 4.79 Å². The predicted octanol–water partition coefficient (Wildman–Crippen LogP) is 2.36. The summed E-state index contributed by atoms with van der Waals surface area (Å²) >= 11 is 3.19. The Labute approximate surface area is 110 Å². The number of nitrogens with zero attached hydrogens (tertiary/aromatic N) is 1. The highest BCUT2D eigenvalue weighted by Crippen LogP contribution is 2.17. The van der Waals surface area contributed by atoms with Gasteiger partial charge in [-0.05, 0) is 42.0 Å². The van der Waals surface area contributed by atoms with Crippen molar-refractivity contribution in [2.24, 2.45) is 5.92 Å². The van der Waals surface area contributed by atoms with Crippen LogP contribution in [0.1, 0.15) is 24.2 Å². The quantitative estimate of drug-likeness (QED) is 0.908. The van der Waals surface area contributed by atoms with Crippen LogP contribution in [-0.4, -0.2) is 37.5 Å². The number of halogens is 1. The van der Waals surface area contributed by atoms with Gasteiger partial charge in [0.2, 0.25) is 0 Å². The first-order chi connectivity index (χ1) is 7.93. The van der Waals surface area contributed by atoms with Crippen LogP contribution in [0.25, 0.3) is 0 Å². The summed E-state index contributed by atoms with van der Waals surface area (Å²) in [5.41, 5.74) is 0.534. The molecule has 96 valence electrons. The average Bonchev–Trinajstić information content (AvgIpc) is 2.63. The molecule has 17 heavy (non-hydrogen) atoms. The van der Waals surface area contributed by atoms with Gasteiger partial charge in [0.1, 0.15) is 0 Å². The van der Waals surface area contributed by atoms with Gasteiger partial charge in [-0.25, -0.2) is 0 Å². The second kappa shape index (κ2) is 6.21. The molecule has 0 radical (unpaired) electrons. The summed E-state index contributed by atoms with van der Waals surface area (Å²) < 4.78 is 5.51. The van der Waals surface area contributed by atoms with Gasteiger partial charge in [0.05, 0.1) is 11.8 Å². The zero-order chi connectivity index (χ0) is 13.0. The van der Waals surface area contributed by atoms with Crippen molar-refractivity contribution >= 4 is 21.8 Å². The molecule has 4 nitrogen and oxygen atoms in total. The Morgan fingerprint density at radius 3 is 2.59 bits per heavy atom. The SMILES string of the molecule is CC(C)C(CNC(=O)c1ccoc1Br)N(C)C. The number of rotatable bonds is 5. The zero-order valence-corrected chi connectivity index (χ0v) is 12.2. The minimum absolute atomic E-state index is 0.113. The summed E-state index contributed by atoms with van der Waals surface area (Å²) in [7, 11) is 4.04. The number of hydrogen-bond donors (Lipinski definition) is 1. The van der Waals surface area contributed by atoms with Crippen LogP contribution in [-0.2, 0) is 0 Å². The van der Waals surface area contributed by atoms with Gasteiger partial charge in [-0.15, -0.1) is 0 Å². The third-order valence-electron chi connectivity index (χ3n) is 2.77. The lowest BCUT2D eigenvalue weighted by atomic mass is 10.0. The van der Waals surface area contributed by atoms with Crippen LogP contribution in [0.4, 0.5) is 0 Å². The molecule has 0 aliphatic heterocycles. The average molecular weight is 303 g/mol. The maximum atomic E-state index is 11.9. The highest BCUT2D eigenvalue weighted by molar-refractivity contribution is 9.10.